The van der Waals surface area contributed by atoms with Crippen LogP contribution in [0.1, 0.15) is 18.5 Å². The zero-order chi connectivity index (χ0) is 21.7. The number of hydroxylamine groups is 2. The molecule has 1 aliphatic rings. The molecular weight excluding hydrogens is 389 g/mol. The number of benzene rings is 1. The number of halogens is 1. The van der Waals surface area contributed by atoms with Gasteiger partial charge >= 0.3 is 6.03 Å². The molecule has 3 amide bonds. The number of amides is 3. The molecule has 30 heavy (non-hydrogen) atoms. The van der Waals surface area contributed by atoms with Gasteiger partial charge in [0.1, 0.15) is 5.82 Å². The summed E-state index contributed by atoms with van der Waals surface area (Å²) in [5.41, 5.74) is 1.63. The van der Waals surface area contributed by atoms with E-state index >= 15 is 0 Å². The molecule has 160 valence electrons. The molecule has 2 aromatic rings. The van der Waals surface area contributed by atoms with E-state index in [1.165, 1.54) is 12.1 Å². The number of nitrogens with zero attached hydrogens (tertiary/aromatic N) is 3. The van der Waals surface area contributed by atoms with Crippen molar-refractivity contribution >= 4 is 23.3 Å². The molecular formula is C21H26FN5O3. The van der Waals surface area contributed by atoms with Gasteiger partial charge in [0.25, 0.3) is 0 Å². The quantitative estimate of drug-likeness (QED) is 0.783. The van der Waals surface area contributed by atoms with Crippen molar-refractivity contribution in [3.8, 4) is 5.75 Å². The normalized spacial score (nSPS) is 14.8. The highest BCUT2D eigenvalue weighted by atomic mass is 19.1. The monoisotopic (exact) mass is 415 g/mol. The summed E-state index contributed by atoms with van der Waals surface area (Å²) in [6, 6.07) is 7.00. The minimum atomic E-state index is -0.530. The van der Waals surface area contributed by atoms with Gasteiger partial charge in [-0.1, -0.05) is 0 Å². The number of urea groups is 1. The lowest BCUT2D eigenvalue weighted by molar-refractivity contribution is -0.139. The predicted octanol–water partition coefficient (Wildman–Crippen LogP) is 3.27. The number of anilines is 2. The van der Waals surface area contributed by atoms with Crippen molar-refractivity contribution < 1.29 is 18.8 Å². The first-order valence-electron chi connectivity index (χ1n) is 9.75. The molecule has 0 saturated carbocycles. The van der Waals surface area contributed by atoms with Crippen LogP contribution in [0, 0.1) is 18.7 Å². The second-order valence-corrected chi connectivity index (χ2v) is 7.47. The van der Waals surface area contributed by atoms with Crippen LogP contribution in [-0.4, -0.2) is 54.1 Å². The fraction of sp³-hybridized carbons (Fsp3) is 0.381. The molecule has 9 heteroatoms. The van der Waals surface area contributed by atoms with Crippen LogP contribution >= 0.6 is 0 Å². The van der Waals surface area contributed by atoms with Crippen molar-refractivity contribution in [3.63, 3.8) is 0 Å². The number of hydrogen-bond acceptors (Lipinski definition) is 5. The van der Waals surface area contributed by atoms with E-state index in [9.17, 15) is 14.0 Å². The van der Waals surface area contributed by atoms with E-state index in [-0.39, 0.29) is 23.3 Å². The summed E-state index contributed by atoms with van der Waals surface area (Å²) in [7, 11) is 3.50. The van der Waals surface area contributed by atoms with Crippen LogP contribution in [0.3, 0.4) is 0 Å². The minimum Gasteiger partial charge on any atom is -0.406 e. The van der Waals surface area contributed by atoms with Crippen LogP contribution in [-0.2, 0) is 4.79 Å². The van der Waals surface area contributed by atoms with Gasteiger partial charge in [0.15, 0.2) is 5.75 Å². The molecule has 1 aliphatic heterocycles. The van der Waals surface area contributed by atoms with Crippen LogP contribution < -0.4 is 15.5 Å². The van der Waals surface area contributed by atoms with Crippen molar-refractivity contribution in [2.75, 3.05) is 37.8 Å². The molecule has 1 aromatic heterocycles. The zero-order valence-corrected chi connectivity index (χ0v) is 17.3. The molecule has 8 nitrogen and oxygen atoms in total. The third-order valence-corrected chi connectivity index (χ3v) is 4.78. The average Bonchev–Trinajstić information content (AvgIpc) is 2.69. The molecule has 0 bridgehead atoms. The van der Waals surface area contributed by atoms with Gasteiger partial charge in [-0.3, -0.25) is 9.78 Å². The molecule has 1 aromatic carbocycles. The first-order chi connectivity index (χ1) is 14.3. The Morgan fingerprint density at radius 3 is 2.47 bits per heavy atom. The van der Waals surface area contributed by atoms with Gasteiger partial charge in [-0.05, 0) is 38.0 Å². The second-order valence-electron chi connectivity index (χ2n) is 7.47. The highest BCUT2D eigenvalue weighted by Gasteiger charge is 2.27. The SMILES string of the molecule is Cc1ccc(NC(=O)Nc2cc(F)cc(ON3CCC(C(=O)N(C)C)CC3)c2)cn1. The highest BCUT2D eigenvalue weighted by Crippen LogP contribution is 2.24. The molecule has 1 saturated heterocycles. The number of hydrogen-bond donors (Lipinski definition) is 2. The third-order valence-electron chi connectivity index (χ3n) is 4.78. The Morgan fingerprint density at radius 2 is 1.83 bits per heavy atom. The van der Waals surface area contributed by atoms with Crippen LogP contribution in [0.5, 0.6) is 5.75 Å². The molecule has 3 rings (SSSR count). The van der Waals surface area contributed by atoms with Crippen LogP contribution in [0.2, 0.25) is 0 Å². The van der Waals surface area contributed by atoms with E-state index in [1.807, 2.05) is 6.92 Å². The summed E-state index contributed by atoms with van der Waals surface area (Å²) in [6.45, 7) is 2.97. The topological polar surface area (TPSA) is 86.8 Å². The van der Waals surface area contributed by atoms with Gasteiger partial charge in [0.05, 0.1) is 11.9 Å². The first kappa shape index (κ1) is 21.5. The Kier molecular flexibility index (Phi) is 6.83. The number of aromatic nitrogens is 1. The fourth-order valence-corrected chi connectivity index (χ4v) is 3.23. The molecule has 2 heterocycles. The van der Waals surface area contributed by atoms with Gasteiger partial charge in [0, 0.05) is 56.6 Å². The van der Waals surface area contributed by atoms with Gasteiger partial charge in [-0.2, -0.15) is 0 Å². The maximum atomic E-state index is 14.0. The Morgan fingerprint density at radius 1 is 1.13 bits per heavy atom. The number of piperidine rings is 1. The third kappa shape index (κ3) is 5.90. The first-order valence-corrected chi connectivity index (χ1v) is 9.75. The average molecular weight is 415 g/mol. The van der Waals surface area contributed by atoms with Gasteiger partial charge < -0.3 is 20.4 Å². The summed E-state index contributed by atoms with van der Waals surface area (Å²) in [5, 5.41) is 6.94. The maximum Gasteiger partial charge on any atom is 0.323 e. The van der Waals surface area contributed by atoms with Crippen molar-refractivity contribution in [2.45, 2.75) is 19.8 Å². The number of nitrogens with one attached hydrogen (secondary N) is 2. The Labute approximate surface area is 175 Å². The number of carbonyl (C=O) groups excluding carboxylic acids is 2. The molecule has 2 N–H and O–H groups in total. The number of aryl methyl sites for hydroxylation is 1. The molecule has 0 aliphatic carbocycles. The zero-order valence-electron chi connectivity index (χ0n) is 17.3. The minimum absolute atomic E-state index is 0.0236. The van der Waals surface area contributed by atoms with E-state index in [0.29, 0.717) is 31.6 Å². The van der Waals surface area contributed by atoms with Crippen molar-refractivity contribution in [3.05, 3.63) is 48.0 Å². The Balaban J connectivity index is 1.57. The van der Waals surface area contributed by atoms with E-state index in [4.69, 9.17) is 4.84 Å². The Bertz CT molecular complexity index is 896. The highest BCUT2D eigenvalue weighted by molar-refractivity contribution is 5.99. The summed E-state index contributed by atoms with van der Waals surface area (Å²) in [6.07, 6.45) is 2.88. The summed E-state index contributed by atoms with van der Waals surface area (Å²) < 4.78 is 14.0. The molecule has 0 radical (unpaired) electrons. The summed E-state index contributed by atoms with van der Waals surface area (Å²) in [4.78, 5) is 35.7. The molecule has 0 atom stereocenters. The Hall–Kier alpha value is -3.20. The molecule has 0 unspecified atom stereocenters. The second kappa shape index (κ2) is 9.53. The largest absolute Gasteiger partial charge is 0.406 e. The molecule has 1 fully saturated rings. The van der Waals surface area contributed by atoms with Crippen LogP contribution in [0.4, 0.5) is 20.6 Å². The maximum absolute atomic E-state index is 14.0. The fourth-order valence-electron chi connectivity index (χ4n) is 3.23. The lowest BCUT2D eigenvalue weighted by atomic mass is 9.97. The number of rotatable bonds is 5. The van der Waals surface area contributed by atoms with Gasteiger partial charge in [0.2, 0.25) is 5.91 Å². The van der Waals surface area contributed by atoms with Gasteiger partial charge in [-0.15, -0.1) is 5.06 Å². The van der Waals surface area contributed by atoms with Crippen LogP contribution in [0.15, 0.2) is 36.5 Å². The predicted molar refractivity (Wildman–Crippen MR) is 112 cm³/mol. The number of pyridine rings is 1. The summed E-state index contributed by atoms with van der Waals surface area (Å²) >= 11 is 0. The van der Waals surface area contributed by atoms with E-state index in [0.717, 1.165) is 5.69 Å². The van der Waals surface area contributed by atoms with E-state index < -0.39 is 11.8 Å². The van der Waals surface area contributed by atoms with E-state index in [1.54, 1.807) is 48.5 Å². The standard InChI is InChI=1S/C21H26FN5O3/c1-14-4-5-17(13-23-14)24-21(29)25-18-10-16(22)11-19(12-18)30-27-8-6-15(7-9-27)20(28)26(2)3/h4-5,10-13,15H,6-9H2,1-3H3,(H2,24,25,29). The number of carbonyl (C=O) groups is 2. The lowest BCUT2D eigenvalue weighted by Gasteiger charge is -2.31. The van der Waals surface area contributed by atoms with Gasteiger partial charge in [-0.25, -0.2) is 9.18 Å². The van der Waals surface area contributed by atoms with E-state index in [2.05, 4.69) is 15.6 Å². The lowest BCUT2D eigenvalue weighted by Crippen LogP contribution is -2.41. The molecule has 0 spiro atoms. The van der Waals surface area contributed by atoms with Crippen molar-refractivity contribution in [1.82, 2.24) is 14.9 Å². The van der Waals surface area contributed by atoms with Crippen LogP contribution in [0.25, 0.3) is 0 Å². The smallest absolute Gasteiger partial charge is 0.323 e. The van der Waals surface area contributed by atoms with Crippen molar-refractivity contribution in [2.24, 2.45) is 5.92 Å². The summed E-state index contributed by atoms with van der Waals surface area (Å²) in [5.74, 6) is -0.164. The van der Waals surface area contributed by atoms with Crippen molar-refractivity contribution in [1.29, 1.82) is 0 Å².